The van der Waals surface area contributed by atoms with Crippen molar-refractivity contribution in [3.05, 3.63) is 11.5 Å². The Morgan fingerprint density at radius 2 is 2.06 bits per heavy atom. The zero-order valence-corrected chi connectivity index (χ0v) is 9.78. The molecule has 1 saturated carbocycles. The molecule has 1 aliphatic carbocycles. The normalized spacial score (nSPS) is 15.7. The van der Waals surface area contributed by atoms with Gasteiger partial charge in [-0.2, -0.15) is 5.10 Å². The molecule has 0 aliphatic heterocycles. The summed E-state index contributed by atoms with van der Waals surface area (Å²) in [6, 6.07) is 0. The number of fused-ring (bicyclic) bond motifs is 1. The summed E-state index contributed by atoms with van der Waals surface area (Å²) >= 11 is 0. The Morgan fingerprint density at radius 1 is 1.31 bits per heavy atom. The van der Waals surface area contributed by atoms with Crippen LogP contribution in [0.5, 0.6) is 0 Å². The molecule has 2 heterocycles. The lowest BCUT2D eigenvalue weighted by atomic mass is 10.3. The molecule has 3 rings (SSSR count). The smallest absolute Gasteiger partial charge is 0.155 e. The predicted octanol–water partition coefficient (Wildman–Crippen LogP) is 1.59. The Kier molecular flexibility index (Phi) is 1.89. The van der Waals surface area contributed by atoms with E-state index >= 15 is 0 Å². The van der Waals surface area contributed by atoms with Gasteiger partial charge in [0.1, 0.15) is 16.9 Å². The van der Waals surface area contributed by atoms with Gasteiger partial charge in [-0.25, -0.2) is 9.97 Å². The fourth-order valence-electron chi connectivity index (χ4n) is 2.05. The van der Waals surface area contributed by atoms with Crippen LogP contribution in [0.4, 0.5) is 5.82 Å². The fraction of sp³-hybridized carbons (Fsp3) is 0.545. The van der Waals surface area contributed by atoms with Gasteiger partial charge in [0, 0.05) is 20.0 Å². The largest absolute Gasteiger partial charge is 0.371 e. The fourth-order valence-corrected chi connectivity index (χ4v) is 2.05. The molecule has 16 heavy (non-hydrogen) atoms. The van der Waals surface area contributed by atoms with E-state index < -0.39 is 0 Å². The molecule has 0 amide bonds. The number of rotatable bonds is 2. The highest BCUT2D eigenvalue weighted by atomic mass is 15.3. The van der Waals surface area contributed by atoms with Gasteiger partial charge in [0.05, 0.1) is 5.69 Å². The first-order valence-electron chi connectivity index (χ1n) is 5.59. The minimum absolute atomic E-state index is 0.566. The summed E-state index contributed by atoms with van der Waals surface area (Å²) in [5.41, 5.74) is 2.94. The van der Waals surface area contributed by atoms with Crippen molar-refractivity contribution >= 4 is 16.9 Å². The summed E-state index contributed by atoms with van der Waals surface area (Å²) in [4.78, 5) is 9.20. The molecule has 0 atom stereocenters. The Labute approximate surface area is 93.9 Å². The molecule has 84 valence electrons. The van der Waals surface area contributed by atoms with Gasteiger partial charge in [-0.1, -0.05) is 0 Å². The lowest BCUT2D eigenvalue weighted by molar-refractivity contribution is 0.782. The van der Waals surface area contributed by atoms with Gasteiger partial charge in [0.25, 0.3) is 0 Å². The molecule has 0 spiro atoms. The van der Waals surface area contributed by atoms with E-state index in [2.05, 4.69) is 20.4 Å². The van der Waals surface area contributed by atoms with Gasteiger partial charge in [-0.05, 0) is 19.8 Å². The van der Waals surface area contributed by atoms with Gasteiger partial charge in [-0.15, -0.1) is 0 Å². The second-order valence-corrected chi connectivity index (χ2v) is 4.36. The molecule has 0 saturated heterocycles. The zero-order valence-electron chi connectivity index (χ0n) is 9.78. The predicted molar refractivity (Wildman–Crippen MR) is 62.6 cm³/mol. The monoisotopic (exact) mass is 217 g/mol. The maximum Gasteiger partial charge on any atom is 0.155 e. The van der Waals surface area contributed by atoms with E-state index in [0.717, 1.165) is 28.4 Å². The highest BCUT2D eigenvalue weighted by molar-refractivity contribution is 5.87. The molecule has 0 radical (unpaired) electrons. The number of nitrogens with zero attached hydrogens (tertiary/aromatic N) is 4. The second-order valence-electron chi connectivity index (χ2n) is 4.36. The Bertz CT molecular complexity index is 553. The minimum Gasteiger partial charge on any atom is -0.371 e. The van der Waals surface area contributed by atoms with Crippen molar-refractivity contribution in [3.8, 4) is 0 Å². The molecule has 1 N–H and O–H groups in total. The molecule has 2 aromatic rings. The molecule has 5 heteroatoms. The average molecular weight is 217 g/mol. The number of hydrogen-bond donors (Lipinski definition) is 1. The third-order valence-corrected chi connectivity index (χ3v) is 3.05. The van der Waals surface area contributed by atoms with Crippen molar-refractivity contribution in [3.63, 3.8) is 0 Å². The standard InChI is InChI=1S/C11H15N5/c1-6-8-9(16(3)15-6)11(12-2)14-10(13-8)7-4-5-7/h7H,4-5H2,1-3H3,(H,12,13,14). The van der Waals surface area contributed by atoms with E-state index in [0.29, 0.717) is 5.92 Å². The molecule has 5 nitrogen and oxygen atoms in total. The van der Waals surface area contributed by atoms with E-state index in [1.807, 2.05) is 25.7 Å². The lowest BCUT2D eigenvalue weighted by Gasteiger charge is -2.05. The first kappa shape index (κ1) is 9.57. The van der Waals surface area contributed by atoms with Gasteiger partial charge in [0.15, 0.2) is 5.82 Å². The summed E-state index contributed by atoms with van der Waals surface area (Å²) in [6.07, 6.45) is 2.43. The first-order valence-corrected chi connectivity index (χ1v) is 5.59. The van der Waals surface area contributed by atoms with Crippen LogP contribution in [0.2, 0.25) is 0 Å². The van der Waals surface area contributed by atoms with E-state index in [9.17, 15) is 0 Å². The van der Waals surface area contributed by atoms with Crippen molar-refractivity contribution in [2.24, 2.45) is 7.05 Å². The third-order valence-electron chi connectivity index (χ3n) is 3.05. The third kappa shape index (κ3) is 1.27. The molecular formula is C11H15N5. The van der Waals surface area contributed by atoms with Crippen LogP contribution in [-0.4, -0.2) is 26.8 Å². The quantitative estimate of drug-likeness (QED) is 0.830. The number of anilines is 1. The van der Waals surface area contributed by atoms with Crippen LogP contribution in [0.25, 0.3) is 11.0 Å². The van der Waals surface area contributed by atoms with E-state index in [4.69, 9.17) is 0 Å². The molecule has 2 aromatic heterocycles. The topological polar surface area (TPSA) is 55.6 Å². The highest BCUT2D eigenvalue weighted by Crippen LogP contribution is 2.39. The van der Waals surface area contributed by atoms with Crippen molar-refractivity contribution in [1.82, 2.24) is 19.7 Å². The summed E-state index contributed by atoms with van der Waals surface area (Å²) in [5, 5.41) is 7.53. The van der Waals surface area contributed by atoms with E-state index in [1.165, 1.54) is 12.8 Å². The summed E-state index contributed by atoms with van der Waals surface area (Å²) in [6.45, 7) is 1.99. The Hall–Kier alpha value is -1.65. The SMILES string of the molecule is CNc1nc(C2CC2)nc2c(C)nn(C)c12. The molecule has 1 aliphatic rings. The second kappa shape index (κ2) is 3.17. The number of hydrogen-bond acceptors (Lipinski definition) is 4. The van der Waals surface area contributed by atoms with Crippen molar-refractivity contribution < 1.29 is 0 Å². The zero-order chi connectivity index (χ0) is 11.3. The highest BCUT2D eigenvalue weighted by Gasteiger charge is 2.28. The number of aromatic nitrogens is 4. The Morgan fingerprint density at radius 3 is 2.69 bits per heavy atom. The maximum atomic E-state index is 4.63. The van der Waals surface area contributed by atoms with Crippen LogP contribution in [0.3, 0.4) is 0 Å². The Balaban J connectivity index is 2.31. The van der Waals surface area contributed by atoms with Gasteiger partial charge in [-0.3, -0.25) is 4.68 Å². The van der Waals surface area contributed by atoms with Crippen LogP contribution in [0, 0.1) is 6.92 Å². The minimum atomic E-state index is 0.566. The van der Waals surface area contributed by atoms with Gasteiger partial charge < -0.3 is 5.32 Å². The van der Waals surface area contributed by atoms with E-state index in [-0.39, 0.29) is 0 Å². The molecule has 0 aromatic carbocycles. The molecule has 0 unspecified atom stereocenters. The van der Waals surface area contributed by atoms with Crippen molar-refractivity contribution in [2.75, 3.05) is 12.4 Å². The maximum absolute atomic E-state index is 4.63. The van der Waals surface area contributed by atoms with Crippen molar-refractivity contribution in [1.29, 1.82) is 0 Å². The summed E-state index contributed by atoms with van der Waals surface area (Å²) in [7, 11) is 3.82. The molecule has 1 fully saturated rings. The van der Waals surface area contributed by atoms with Crippen LogP contribution in [0.1, 0.15) is 30.3 Å². The molecular weight excluding hydrogens is 202 g/mol. The van der Waals surface area contributed by atoms with Crippen LogP contribution < -0.4 is 5.32 Å². The summed E-state index contributed by atoms with van der Waals surface area (Å²) in [5.74, 6) is 2.42. The van der Waals surface area contributed by atoms with Gasteiger partial charge in [0.2, 0.25) is 0 Å². The number of aryl methyl sites for hydroxylation is 2. The number of nitrogens with one attached hydrogen (secondary N) is 1. The van der Waals surface area contributed by atoms with E-state index in [1.54, 1.807) is 0 Å². The van der Waals surface area contributed by atoms with Crippen LogP contribution in [-0.2, 0) is 7.05 Å². The first-order chi connectivity index (χ1) is 7.70. The van der Waals surface area contributed by atoms with Crippen LogP contribution >= 0.6 is 0 Å². The van der Waals surface area contributed by atoms with Gasteiger partial charge >= 0.3 is 0 Å². The van der Waals surface area contributed by atoms with Crippen LogP contribution in [0.15, 0.2) is 0 Å². The average Bonchev–Trinajstić information content (AvgIpc) is 3.07. The summed E-state index contributed by atoms with van der Waals surface area (Å²) < 4.78 is 1.84. The molecule has 0 bridgehead atoms. The lowest BCUT2D eigenvalue weighted by Crippen LogP contribution is -2.02. The van der Waals surface area contributed by atoms with Crippen molar-refractivity contribution in [2.45, 2.75) is 25.7 Å².